The van der Waals surface area contributed by atoms with Gasteiger partial charge in [-0.15, -0.1) is 0 Å². The van der Waals surface area contributed by atoms with Crippen molar-refractivity contribution >= 4 is 34.9 Å². The Morgan fingerprint density at radius 3 is 2.38 bits per heavy atom. The summed E-state index contributed by atoms with van der Waals surface area (Å²) in [4.78, 5) is 22.2. The van der Waals surface area contributed by atoms with Gasteiger partial charge in [-0.25, -0.2) is 0 Å². The Morgan fingerprint density at radius 1 is 1.10 bits per heavy atom. The molecule has 0 unspecified atom stereocenters. The molecule has 0 aliphatic heterocycles. The fourth-order valence-corrected chi connectivity index (χ4v) is 2.47. The minimum atomic E-state index is -0.427. The number of hydrogen-bond donors (Lipinski definition) is 2. The van der Waals surface area contributed by atoms with Crippen molar-refractivity contribution < 1.29 is 9.72 Å². The Kier molecular flexibility index (Phi) is 4.78. The molecule has 0 heterocycles. The number of nitrogens with one attached hydrogen (secondary N) is 2. The number of rotatable bonds is 5. The molecule has 0 spiro atoms. The average molecular weight is 303 g/mol. The van der Waals surface area contributed by atoms with E-state index in [0.29, 0.717) is 16.3 Å². The molecule has 0 radical (unpaired) electrons. The topological polar surface area (TPSA) is 84.3 Å². The van der Waals surface area contributed by atoms with E-state index in [4.69, 9.17) is 0 Å². The monoisotopic (exact) mass is 303 g/mol. The molecule has 0 aromatic heterocycles. The molecular weight excluding hydrogens is 290 g/mol. The third-order valence-corrected chi connectivity index (χ3v) is 3.46. The van der Waals surface area contributed by atoms with Gasteiger partial charge in [-0.2, -0.15) is 0 Å². The Balaban J connectivity index is 2.17. The lowest BCUT2D eigenvalue weighted by Crippen LogP contribution is -2.07. The quantitative estimate of drug-likeness (QED) is 0.500. The molecule has 0 saturated carbocycles. The fraction of sp³-hybridized carbons (Fsp3) is 0.0714. The van der Waals surface area contributed by atoms with Gasteiger partial charge in [0.2, 0.25) is 5.91 Å². The van der Waals surface area contributed by atoms with Crippen LogP contribution in [0.4, 0.5) is 17.1 Å². The summed E-state index contributed by atoms with van der Waals surface area (Å²) in [7, 11) is 0. The highest BCUT2D eigenvalue weighted by Gasteiger charge is 2.13. The lowest BCUT2D eigenvalue weighted by Gasteiger charge is -2.11. The van der Waals surface area contributed by atoms with E-state index >= 15 is 0 Å². The van der Waals surface area contributed by atoms with Crippen LogP contribution >= 0.6 is 11.9 Å². The molecule has 2 rings (SSSR count). The average Bonchev–Trinajstić information content (AvgIpc) is 2.46. The SMILES string of the molecule is CC(=O)Nc1ccccc1NSc1ccccc1[N+](=O)[O-]. The Labute approximate surface area is 125 Å². The lowest BCUT2D eigenvalue weighted by atomic mass is 10.3. The first kappa shape index (κ1) is 14.9. The highest BCUT2D eigenvalue weighted by molar-refractivity contribution is 8.00. The zero-order valence-corrected chi connectivity index (χ0v) is 12.0. The van der Waals surface area contributed by atoms with Gasteiger partial charge in [0.1, 0.15) is 4.90 Å². The van der Waals surface area contributed by atoms with Gasteiger partial charge in [-0.1, -0.05) is 24.3 Å². The van der Waals surface area contributed by atoms with Crippen molar-refractivity contribution in [3.8, 4) is 0 Å². The molecule has 0 saturated heterocycles. The molecule has 7 heteroatoms. The smallest absolute Gasteiger partial charge is 0.284 e. The molecule has 1 amide bonds. The second-order valence-electron chi connectivity index (χ2n) is 4.16. The van der Waals surface area contributed by atoms with Gasteiger partial charge in [0.15, 0.2) is 0 Å². The van der Waals surface area contributed by atoms with Gasteiger partial charge >= 0.3 is 0 Å². The van der Waals surface area contributed by atoms with E-state index in [9.17, 15) is 14.9 Å². The van der Waals surface area contributed by atoms with Crippen LogP contribution in [0.15, 0.2) is 53.4 Å². The maximum Gasteiger partial charge on any atom is 0.284 e. The number of nitrogens with zero attached hydrogens (tertiary/aromatic N) is 1. The number of para-hydroxylation sites is 3. The van der Waals surface area contributed by atoms with E-state index < -0.39 is 4.92 Å². The van der Waals surface area contributed by atoms with Gasteiger partial charge in [-0.05, 0) is 30.1 Å². The predicted octanol–water partition coefficient (Wildman–Crippen LogP) is 3.67. The Bertz CT molecular complexity index is 676. The first-order valence-electron chi connectivity index (χ1n) is 6.11. The Hall–Kier alpha value is -2.54. The first-order chi connectivity index (χ1) is 10.1. The molecule has 0 aliphatic carbocycles. The third kappa shape index (κ3) is 3.96. The summed E-state index contributed by atoms with van der Waals surface area (Å²) in [5, 5.41) is 13.7. The fourth-order valence-electron chi connectivity index (χ4n) is 1.68. The number of nitro groups is 1. The maximum absolute atomic E-state index is 11.1. The molecule has 2 aromatic carbocycles. The van der Waals surface area contributed by atoms with Crippen molar-refractivity contribution in [3.63, 3.8) is 0 Å². The molecule has 21 heavy (non-hydrogen) atoms. The lowest BCUT2D eigenvalue weighted by molar-refractivity contribution is -0.387. The molecule has 108 valence electrons. The normalized spacial score (nSPS) is 9.95. The van der Waals surface area contributed by atoms with Crippen LogP contribution < -0.4 is 10.0 Å². The summed E-state index contributed by atoms with van der Waals surface area (Å²) in [5.41, 5.74) is 1.33. The van der Waals surface area contributed by atoms with Crippen molar-refractivity contribution in [2.45, 2.75) is 11.8 Å². The van der Waals surface area contributed by atoms with Gasteiger partial charge in [0, 0.05) is 13.0 Å². The highest BCUT2D eigenvalue weighted by Crippen LogP contribution is 2.32. The zero-order valence-electron chi connectivity index (χ0n) is 11.2. The molecule has 2 aromatic rings. The van der Waals surface area contributed by atoms with Gasteiger partial charge in [-0.3, -0.25) is 14.9 Å². The minimum absolute atomic E-state index is 0.0343. The maximum atomic E-state index is 11.1. The van der Waals surface area contributed by atoms with E-state index in [1.807, 2.05) is 6.07 Å². The van der Waals surface area contributed by atoms with Gasteiger partial charge < -0.3 is 10.0 Å². The van der Waals surface area contributed by atoms with Crippen molar-refractivity contribution in [3.05, 3.63) is 58.6 Å². The van der Waals surface area contributed by atoms with Crippen molar-refractivity contribution in [1.82, 2.24) is 0 Å². The standard InChI is InChI=1S/C14H13N3O3S/c1-10(18)15-11-6-2-3-7-12(11)16-21-14-9-5-4-8-13(14)17(19)20/h2-9,16H,1H3,(H,15,18). The molecule has 2 N–H and O–H groups in total. The van der Waals surface area contributed by atoms with Crippen LogP contribution in [0.3, 0.4) is 0 Å². The van der Waals surface area contributed by atoms with Crippen LogP contribution in [0.5, 0.6) is 0 Å². The van der Waals surface area contributed by atoms with Crippen LogP contribution in [0, 0.1) is 10.1 Å². The molecule has 0 atom stereocenters. The van der Waals surface area contributed by atoms with Crippen LogP contribution in [-0.4, -0.2) is 10.8 Å². The number of carbonyl (C=O) groups is 1. The predicted molar refractivity (Wildman–Crippen MR) is 83.3 cm³/mol. The number of nitro benzene ring substituents is 1. The largest absolute Gasteiger partial charge is 0.325 e. The number of anilines is 2. The number of hydrogen-bond acceptors (Lipinski definition) is 5. The van der Waals surface area contributed by atoms with E-state index in [1.54, 1.807) is 36.4 Å². The molecule has 6 nitrogen and oxygen atoms in total. The Morgan fingerprint density at radius 2 is 1.71 bits per heavy atom. The summed E-state index contributed by atoms with van der Waals surface area (Å²) in [6, 6.07) is 13.6. The van der Waals surface area contributed by atoms with Crippen LogP contribution in [-0.2, 0) is 4.79 Å². The summed E-state index contributed by atoms with van der Waals surface area (Å²) >= 11 is 1.13. The summed E-state index contributed by atoms with van der Waals surface area (Å²) in [5.74, 6) is -0.181. The van der Waals surface area contributed by atoms with E-state index in [2.05, 4.69) is 10.0 Å². The minimum Gasteiger partial charge on any atom is -0.325 e. The molecule has 0 bridgehead atoms. The van der Waals surface area contributed by atoms with E-state index in [-0.39, 0.29) is 11.6 Å². The van der Waals surface area contributed by atoms with Crippen LogP contribution in [0.2, 0.25) is 0 Å². The molecule has 0 fully saturated rings. The molecule has 0 aliphatic rings. The van der Waals surface area contributed by atoms with Gasteiger partial charge in [0.25, 0.3) is 5.69 Å². The number of amides is 1. The second kappa shape index (κ2) is 6.76. The first-order valence-corrected chi connectivity index (χ1v) is 6.92. The number of carbonyl (C=O) groups excluding carboxylic acids is 1. The summed E-state index contributed by atoms with van der Waals surface area (Å²) < 4.78 is 3.03. The second-order valence-corrected chi connectivity index (χ2v) is 5.00. The van der Waals surface area contributed by atoms with Gasteiger partial charge in [0.05, 0.1) is 16.3 Å². The summed E-state index contributed by atoms with van der Waals surface area (Å²) in [6.45, 7) is 1.42. The van der Waals surface area contributed by atoms with Crippen molar-refractivity contribution in [1.29, 1.82) is 0 Å². The highest BCUT2D eigenvalue weighted by atomic mass is 32.2. The molecular formula is C14H13N3O3S. The van der Waals surface area contributed by atoms with E-state index in [1.165, 1.54) is 13.0 Å². The summed E-state index contributed by atoms with van der Waals surface area (Å²) in [6.07, 6.45) is 0. The van der Waals surface area contributed by atoms with Crippen LogP contribution in [0.1, 0.15) is 6.92 Å². The van der Waals surface area contributed by atoms with Crippen LogP contribution in [0.25, 0.3) is 0 Å². The zero-order chi connectivity index (χ0) is 15.2. The third-order valence-electron chi connectivity index (χ3n) is 2.57. The van der Waals surface area contributed by atoms with Crippen molar-refractivity contribution in [2.75, 3.05) is 10.0 Å². The van der Waals surface area contributed by atoms with Crippen molar-refractivity contribution in [2.24, 2.45) is 0 Å². The van der Waals surface area contributed by atoms with E-state index in [0.717, 1.165) is 11.9 Å². The number of benzene rings is 2.